The van der Waals surface area contributed by atoms with E-state index in [4.69, 9.17) is 11.6 Å². The quantitative estimate of drug-likeness (QED) is 0.617. The monoisotopic (exact) mass is 530 g/mol. The second kappa shape index (κ2) is 10.4. The van der Waals surface area contributed by atoms with E-state index in [0.29, 0.717) is 30.3 Å². The summed E-state index contributed by atoms with van der Waals surface area (Å²) in [5.74, 6) is -0.464. The zero-order valence-electron chi connectivity index (χ0n) is 20.2. The summed E-state index contributed by atoms with van der Waals surface area (Å²) in [4.78, 5) is 30.2. The zero-order valence-corrected chi connectivity index (χ0v) is 21.7. The summed E-state index contributed by atoms with van der Waals surface area (Å²) in [6, 6.07) is 11.9. The van der Waals surface area contributed by atoms with Gasteiger partial charge in [0.25, 0.3) is 0 Å². The van der Waals surface area contributed by atoms with Crippen molar-refractivity contribution in [3.05, 3.63) is 53.1 Å². The van der Waals surface area contributed by atoms with Crippen molar-refractivity contribution in [3.63, 3.8) is 0 Å². The molecule has 2 saturated heterocycles. The number of fused-ring (bicyclic) bond motifs is 3. The molecule has 8 nitrogen and oxygen atoms in total. The van der Waals surface area contributed by atoms with Gasteiger partial charge < -0.3 is 10.2 Å². The standard InChI is InChI=1S/C26H31ClN4O4S/c27-20-9-7-19(8-10-20)17-28-25(32)18-31-24-16-21(36(34,35)29-13-3-1-4-14-29)11-12-22(24)30-15-5-2-6-23(30)26(31)33/h7-12,16,23H,1-6,13-15,17-18H2,(H,28,32)/t23-/m0/s1. The molecule has 0 saturated carbocycles. The molecule has 3 aliphatic rings. The Morgan fingerprint density at radius 2 is 1.67 bits per heavy atom. The second-order valence-corrected chi connectivity index (χ2v) is 12.0. The highest BCUT2D eigenvalue weighted by Crippen LogP contribution is 2.41. The first-order valence-corrected chi connectivity index (χ1v) is 14.4. The highest BCUT2D eigenvalue weighted by Gasteiger charge is 2.41. The Balaban J connectivity index is 1.42. The van der Waals surface area contributed by atoms with E-state index in [9.17, 15) is 18.0 Å². The van der Waals surface area contributed by atoms with Crippen LogP contribution in [-0.2, 0) is 26.2 Å². The topological polar surface area (TPSA) is 90.0 Å². The lowest BCUT2D eigenvalue weighted by Crippen LogP contribution is -2.57. The normalized spacial score (nSPS) is 20.6. The van der Waals surface area contributed by atoms with Gasteiger partial charge in [-0.1, -0.05) is 30.2 Å². The summed E-state index contributed by atoms with van der Waals surface area (Å²) in [5.41, 5.74) is 2.19. The molecular formula is C26H31ClN4O4S. The van der Waals surface area contributed by atoms with Crippen LogP contribution in [-0.4, -0.2) is 56.8 Å². The smallest absolute Gasteiger partial charge is 0.250 e. The van der Waals surface area contributed by atoms with E-state index < -0.39 is 10.0 Å². The summed E-state index contributed by atoms with van der Waals surface area (Å²) in [6.45, 7) is 1.88. The molecule has 36 heavy (non-hydrogen) atoms. The number of hydrogen-bond donors (Lipinski definition) is 1. The number of sulfonamides is 1. The minimum Gasteiger partial charge on any atom is -0.358 e. The van der Waals surface area contributed by atoms with Crippen molar-refractivity contribution in [2.75, 3.05) is 36.0 Å². The van der Waals surface area contributed by atoms with Crippen molar-refractivity contribution in [3.8, 4) is 0 Å². The van der Waals surface area contributed by atoms with Gasteiger partial charge in [-0.05, 0) is 68.0 Å². The van der Waals surface area contributed by atoms with Crippen LogP contribution in [0.2, 0.25) is 5.02 Å². The maximum absolute atomic E-state index is 13.6. The molecule has 1 N–H and O–H groups in total. The van der Waals surface area contributed by atoms with Crippen LogP contribution in [0.3, 0.4) is 0 Å². The third kappa shape index (κ3) is 4.96. The summed E-state index contributed by atoms with van der Waals surface area (Å²) < 4.78 is 28.3. The number of benzene rings is 2. The number of hydrogen-bond acceptors (Lipinski definition) is 5. The number of nitrogens with one attached hydrogen (secondary N) is 1. The lowest BCUT2D eigenvalue weighted by atomic mass is 9.96. The number of carbonyl (C=O) groups excluding carboxylic acids is 2. The predicted molar refractivity (Wildman–Crippen MR) is 140 cm³/mol. The maximum atomic E-state index is 13.6. The molecule has 0 unspecified atom stereocenters. The Kier molecular flexibility index (Phi) is 7.23. The minimum atomic E-state index is -3.68. The van der Waals surface area contributed by atoms with Gasteiger partial charge in [-0.2, -0.15) is 4.31 Å². The number of carbonyl (C=O) groups is 2. The molecular weight excluding hydrogens is 500 g/mol. The Morgan fingerprint density at radius 3 is 2.42 bits per heavy atom. The number of rotatable bonds is 6. The van der Waals surface area contributed by atoms with E-state index in [-0.39, 0.29) is 29.3 Å². The van der Waals surface area contributed by atoms with Crippen molar-refractivity contribution in [2.45, 2.75) is 56.0 Å². The third-order valence-electron chi connectivity index (χ3n) is 7.26. The van der Waals surface area contributed by atoms with Gasteiger partial charge in [0.2, 0.25) is 21.8 Å². The molecule has 0 radical (unpaired) electrons. The molecule has 0 aromatic heterocycles. The summed E-state index contributed by atoms with van der Waals surface area (Å²) in [6.07, 6.45) is 5.35. The van der Waals surface area contributed by atoms with Crippen molar-refractivity contribution in [2.24, 2.45) is 0 Å². The van der Waals surface area contributed by atoms with Crippen LogP contribution in [0.15, 0.2) is 47.4 Å². The van der Waals surface area contributed by atoms with Gasteiger partial charge in [-0.3, -0.25) is 14.5 Å². The Labute approximate surface area is 217 Å². The van der Waals surface area contributed by atoms with Crippen molar-refractivity contribution in [1.29, 1.82) is 0 Å². The van der Waals surface area contributed by atoms with Gasteiger partial charge in [0.15, 0.2) is 0 Å². The fourth-order valence-electron chi connectivity index (χ4n) is 5.32. The minimum absolute atomic E-state index is 0.156. The molecule has 0 aliphatic carbocycles. The van der Waals surface area contributed by atoms with Crippen LogP contribution >= 0.6 is 11.6 Å². The first-order chi connectivity index (χ1) is 17.3. The molecule has 0 spiro atoms. The fraction of sp³-hybridized carbons (Fsp3) is 0.462. The van der Waals surface area contributed by atoms with E-state index in [1.165, 1.54) is 9.21 Å². The van der Waals surface area contributed by atoms with Gasteiger partial charge in [-0.15, -0.1) is 0 Å². The maximum Gasteiger partial charge on any atom is 0.250 e. The molecule has 192 valence electrons. The average Bonchev–Trinajstić information content (AvgIpc) is 2.91. The van der Waals surface area contributed by atoms with E-state index in [1.807, 2.05) is 12.1 Å². The first-order valence-electron chi connectivity index (χ1n) is 12.6. The number of anilines is 2. The Morgan fingerprint density at radius 1 is 0.944 bits per heavy atom. The summed E-state index contributed by atoms with van der Waals surface area (Å²) in [7, 11) is -3.68. The SMILES string of the molecule is O=C(CN1C(=O)[C@@H]2CCCCN2c2ccc(S(=O)(=O)N3CCCCC3)cc21)NCc1ccc(Cl)cc1. The predicted octanol–water partition coefficient (Wildman–Crippen LogP) is 3.54. The molecule has 0 bridgehead atoms. The highest BCUT2D eigenvalue weighted by atomic mass is 35.5. The Bertz CT molecular complexity index is 1250. The van der Waals surface area contributed by atoms with Gasteiger partial charge in [0, 0.05) is 31.2 Å². The zero-order chi connectivity index (χ0) is 25.3. The van der Waals surface area contributed by atoms with E-state index in [1.54, 1.807) is 30.3 Å². The van der Waals surface area contributed by atoms with Crippen LogP contribution in [0.4, 0.5) is 11.4 Å². The Hall–Kier alpha value is -2.62. The number of piperidine rings is 2. The molecule has 2 aromatic carbocycles. The van der Waals surface area contributed by atoms with Crippen molar-refractivity contribution >= 4 is 44.8 Å². The number of halogens is 1. The molecule has 3 heterocycles. The van der Waals surface area contributed by atoms with E-state index in [2.05, 4.69) is 10.2 Å². The fourth-order valence-corrected chi connectivity index (χ4v) is 6.98. The van der Waals surface area contributed by atoms with Crippen LogP contribution in [0, 0.1) is 0 Å². The van der Waals surface area contributed by atoms with Gasteiger partial charge in [-0.25, -0.2) is 8.42 Å². The van der Waals surface area contributed by atoms with Crippen LogP contribution in [0.1, 0.15) is 44.1 Å². The van der Waals surface area contributed by atoms with Crippen molar-refractivity contribution in [1.82, 2.24) is 9.62 Å². The third-order valence-corrected chi connectivity index (χ3v) is 9.41. The second-order valence-electron chi connectivity index (χ2n) is 9.65. The summed E-state index contributed by atoms with van der Waals surface area (Å²) in [5, 5.41) is 3.49. The molecule has 2 aromatic rings. The van der Waals surface area contributed by atoms with E-state index >= 15 is 0 Å². The first kappa shape index (κ1) is 25.0. The molecule has 3 aliphatic heterocycles. The molecule has 2 amide bonds. The molecule has 5 rings (SSSR count). The lowest BCUT2D eigenvalue weighted by molar-refractivity contribution is -0.125. The van der Waals surface area contributed by atoms with Gasteiger partial charge in [0.05, 0.1) is 16.3 Å². The average molecular weight is 531 g/mol. The molecule has 2 fully saturated rings. The molecule has 1 atom stereocenters. The largest absolute Gasteiger partial charge is 0.358 e. The van der Waals surface area contributed by atoms with Crippen molar-refractivity contribution < 1.29 is 18.0 Å². The number of amides is 2. The molecule has 10 heteroatoms. The number of nitrogens with zero attached hydrogens (tertiary/aromatic N) is 3. The lowest BCUT2D eigenvalue weighted by Gasteiger charge is -2.45. The van der Waals surface area contributed by atoms with Gasteiger partial charge >= 0.3 is 0 Å². The van der Waals surface area contributed by atoms with Crippen LogP contribution < -0.4 is 15.1 Å². The van der Waals surface area contributed by atoms with E-state index in [0.717, 1.165) is 56.3 Å². The van der Waals surface area contributed by atoms with Crippen LogP contribution in [0.5, 0.6) is 0 Å². The highest BCUT2D eigenvalue weighted by molar-refractivity contribution is 7.89. The summed E-state index contributed by atoms with van der Waals surface area (Å²) >= 11 is 5.94. The van der Waals surface area contributed by atoms with Gasteiger partial charge in [0.1, 0.15) is 12.6 Å². The van der Waals surface area contributed by atoms with Crippen LogP contribution in [0.25, 0.3) is 0 Å².